The van der Waals surface area contributed by atoms with E-state index in [4.69, 9.17) is 14.2 Å². The number of amides is 2. The Kier molecular flexibility index (Phi) is 11.6. The second-order valence-electron chi connectivity index (χ2n) is 14.9. The molecule has 2 amide bonds. The lowest BCUT2D eigenvalue weighted by Gasteiger charge is -2.40. The van der Waals surface area contributed by atoms with Crippen molar-refractivity contribution in [2.75, 3.05) is 51.6 Å². The molecule has 0 radical (unpaired) electrons. The van der Waals surface area contributed by atoms with Crippen LogP contribution in [0.2, 0.25) is 25.7 Å². The van der Waals surface area contributed by atoms with Gasteiger partial charge in [0, 0.05) is 82.2 Å². The predicted molar refractivity (Wildman–Crippen MR) is 205 cm³/mol. The summed E-state index contributed by atoms with van der Waals surface area (Å²) in [5.41, 5.74) is 6.49. The van der Waals surface area contributed by atoms with Crippen LogP contribution in [-0.4, -0.2) is 86.5 Å². The molecule has 3 heterocycles. The second-order valence-corrected chi connectivity index (χ2v) is 20.5. The molecule has 0 saturated carbocycles. The van der Waals surface area contributed by atoms with E-state index in [1.807, 2.05) is 35.6 Å². The SMILES string of the molecule is Cc1c(C(=O)Nc2ccc(OCOCC[Si](C)(C)C)cc2)cc(-c2cc(C#N)ccc2C(=O)N2Cc3ccccc3C[C@H]2CN2CCOCC2)n1C. The van der Waals surface area contributed by atoms with Crippen LogP contribution in [0.5, 0.6) is 5.75 Å². The summed E-state index contributed by atoms with van der Waals surface area (Å²) in [6.45, 7) is 14.0. The normalized spacial score (nSPS) is 16.2. The smallest absolute Gasteiger partial charge is 0.257 e. The lowest BCUT2D eigenvalue weighted by molar-refractivity contribution is 0.0192. The summed E-state index contributed by atoms with van der Waals surface area (Å²) in [4.78, 5) is 32.7. The second kappa shape index (κ2) is 16.3. The van der Waals surface area contributed by atoms with Crippen LogP contribution in [0.25, 0.3) is 11.3 Å². The molecule has 3 aromatic carbocycles. The first-order valence-corrected chi connectivity index (χ1v) is 21.7. The summed E-state index contributed by atoms with van der Waals surface area (Å²) in [6, 6.07) is 25.8. The first kappa shape index (κ1) is 37.0. The maximum Gasteiger partial charge on any atom is 0.257 e. The molecule has 1 aromatic heterocycles. The molecule has 10 nitrogen and oxygen atoms in total. The first-order valence-electron chi connectivity index (χ1n) is 18.0. The number of carbonyl (C=O) groups is 2. The van der Waals surface area contributed by atoms with Gasteiger partial charge in [-0.2, -0.15) is 5.26 Å². The largest absolute Gasteiger partial charge is 0.468 e. The van der Waals surface area contributed by atoms with E-state index in [9.17, 15) is 14.9 Å². The van der Waals surface area contributed by atoms with E-state index in [1.165, 1.54) is 5.56 Å². The Morgan fingerprint density at radius 3 is 2.42 bits per heavy atom. The number of hydrogen-bond acceptors (Lipinski definition) is 7. The zero-order chi connectivity index (χ0) is 36.8. The molecule has 1 saturated heterocycles. The molecule has 1 atom stereocenters. The van der Waals surface area contributed by atoms with Gasteiger partial charge >= 0.3 is 0 Å². The van der Waals surface area contributed by atoms with Gasteiger partial charge in [0.25, 0.3) is 11.8 Å². The van der Waals surface area contributed by atoms with Crippen LogP contribution in [0.1, 0.15) is 43.1 Å². The van der Waals surface area contributed by atoms with Crippen LogP contribution >= 0.6 is 0 Å². The van der Waals surface area contributed by atoms with Crippen molar-refractivity contribution in [1.82, 2.24) is 14.4 Å². The fourth-order valence-corrected chi connectivity index (χ4v) is 7.56. The van der Waals surface area contributed by atoms with Crippen molar-refractivity contribution in [2.24, 2.45) is 7.05 Å². The van der Waals surface area contributed by atoms with Gasteiger partial charge < -0.3 is 29.0 Å². The quantitative estimate of drug-likeness (QED) is 0.0985. The number of hydrogen-bond donors (Lipinski definition) is 1. The number of nitriles is 1. The Bertz CT molecular complexity index is 1940. The van der Waals surface area contributed by atoms with Crippen molar-refractivity contribution in [1.29, 1.82) is 5.26 Å². The van der Waals surface area contributed by atoms with E-state index in [0.29, 0.717) is 65.8 Å². The molecule has 11 heteroatoms. The van der Waals surface area contributed by atoms with E-state index in [1.54, 1.807) is 42.5 Å². The highest BCUT2D eigenvalue weighted by atomic mass is 28.3. The number of nitrogens with zero attached hydrogens (tertiary/aromatic N) is 4. The Labute approximate surface area is 307 Å². The monoisotopic (exact) mass is 719 g/mol. The first-order chi connectivity index (χ1) is 25.0. The molecule has 272 valence electrons. The average Bonchev–Trinajstić information content (AvgIpc) is 3.44. The van der Waals surface area contributed by atoms with Gasteiger partial charge in [0.2, 0.25) is 0 Å². The van der Waals surface area contributed by atoms with Crippen molar-refractivity contribution >= 4 is 25.6 Å². The van der Waals surface area contributed by atoms with Gasteiger partial charge in [0.15, 0.2) is 6.79 Å². The molecule has 0 bridgehead atoms. The summed E-state index contributed by atoms with van der Waals surface area (Å²) < 4.78 is 18.9. The minimum atomic E-state index is -1.16. The predicted octanol–water partition coefficient (Wildman–Crippen LogP) is 6.71. The van der Waals surface area contributed by atoms with Gasteiger partial charge in [-0.05, 0) is 79.0 Å². The third-order valence-corrected chi connectivity index (χ3v) is 11.7. The van der Waals surface area contributed by atoms with Crippen molar-refractivity contribution in [3.63, 3.8) is 0 Å². The third-order valence-electron chi connectivity index (χ3n) is 10.0. The highest BCUT2D eigenvalue weighted by molar-refractivity contribution is 6.76. The molecular formula is C41H49N5O5Si. The van der Waals surface area contributed by atoms with E-state index in [-0.39, 0.29) is 24.6 Å². The van der Waals surface area contributed by atoms with E-state index < -0.39 is 8.07 Å². The fraction of sp³-hybridized carbons (Fsp3) is 0.390. The van der Waals surface area contributed by atoms with Crippen molar-refractivity contribution < 1.29 is 23.8 Å². The Morgan fingerprint density at radius 1 is 0.981 bits per heavy atom. The van der Waals surface area contributed by atoms with Crippen molar-refractivity contribution in [2.45, 2.75) is 51.6 Å². The molecule has 0 unspecified atom stereocenters. The fourth-order valence-electron chi connectivity index (χ4n) is 6.80. The lowest BCUT2D eigenvalue weighted by Crippen LogP contribution is -2.52. The molecule has 52 heavy (non-hydrogen) atoms. The van der Waals surface area contributed by atoms with Gasteiger partial charge in [0.05, 0.1) is 30.4 Å². The van der Waals surface area contributed by atoms with Gasteiger partial charge in [-0.25, -0.2) is 0 Å². The number of nitrogens with one attached hydrogen (secondary N) is 1. The van der Waals surface area contributed by atoms with Crippen LogP contribution in [-0.2, 0) is 29.5 Å². The Balaban J connectivity index is 1.22. The highest BCUT2D eigenvalue weighted by Gasteiger charge is 2.33. The van der Waals surface area contributed by atoms with Crippen molar-refractivity contribution in [3.05, 3.63) is 106 Å². The van der Waals surface area contributed by atoms with E-state index in [0.717, 1.165) is 43.4 Å². The van der Waals surface area contributed by atoms with E-state index >= 15 is 0 Å². The minimum absolute atomic E-state index is 0.0280. The van der Waals surface area contributed by atoms with Crippen LogP contribution in [0.3, 0.4) is 0 Å². The summed E-state index contributed by atoms with van der Waals surface area (Å²) >= 11 is 0. The number of anilines is 1. The lowest BCUT2D eigenvalue weighted by atomic mass is 9.91. The number of aromatic nitrogens is 1. The maximum atomic E-state index is 14.7. The number of carbonyl (C=O) groups excluding carboxylic acids is 2. The molecule has 1 fully saturated rings. The molecule has 2 aliphatic rings. The standard InChI is InChI=1S/C41H49N5O5Si/c1-29-37(40(47)43-33-11-13-35(14-12-33)51-28-50-20-21-52(3,4)5)24-39(44(29)2)38-22-30(25-42)10-15-36(38)41(48)46-26-32-9-7-6-8-31(32)23-34(46)27-45-16-18-49-19-17-45/h6-15,22,24,34H,16-21,23,26-28H2,1-5H3,(H,43,47)/t34-/m0/s1. The van der Waals surface area contributed by atoms with Gasteiger partial charge in [-0.15, -0.1) is 0 Å². The molecule has 1 N–H and O–H groups in total. The summed E-state index contributed by atoms with van der Waals surface area (Å²) in [5, 5.41) is 12.9. The van der Waals surface area contributed by atoms with E-state index in [2.05, 4.69) is 54.1 Å². The van der Waals surface area contributed by atoms with Crippen LogP contribution in [0.4, 0.5) is 5.69 Å². The number of morpholine rings is 1. The van der Waals surface area contributed by atoms with Gasteiger partial charge in [-0.3, -0.25) is 14.5 Å². The number of ether oxygens (including phenoxy) is 3. The number of rotatable bonds is 12. The molecule has 0 aliphatic carbocycles. The molecule has 4 aromatic rings. The number of fused-ring (bicyclic) bond motifs is 1. The Hall–Kier alpha value is -4.73. The molecule has 6 rings (SSSR count). The zero-order valence-electron chi connectivity index (χ0n) is 30.9. The maximum absolute atomic E-state index is 14.7. The van der Waals surface area contributed by atoms with Gasteiger partial charge in [-0.1, -0.05) is 43.9 Å². The van der Waals surface area contributed by atoms with Crippen LogP contribution in [0.15, 0.2) is 72.8 Å². The zero-order valence-corrected chi connectivity index (χ0v) is 31.9. The summed E-state index contributed by atoms with van der Waals surface area (Å²) in [5.74, 6) is 0.286. The summed E-state index contributed by atoms with van der Waals surface area (Å²) in [6.07, 6.45) is 0.762. The molecule has 0 spiro atoms. The third kappa shape index (κ3) is 8.82. The average molecular weight is 720 g/mol. The minimum Gasteiger partial charge on any atom is -0.468 e. The van der Waals surface area contributed by atoms with Crippen molar-refractivity contribution in [3.8, 4) is 23.1 Å². The van der Waals surface area contributed by atoms with Crippen LogP contribution < -0.4 is 10.1 Å². The summed E-state index contributed by atoms with van der Waals surface area (Å²) in [7, 11) is 0.720. The Morgan fingerprint density at radius 2 is 1.71 bits per heavy atom. The van der Waals surface area contributed by atoms with Crippen LogP contribution in [0, 0.1) is 18.3 Å². The van der Waals surface area contributed by atoms with Gasteiger partial charge in [0.1, 0.15) is 5.75 Å². The molecule has 2 aliphatic heterocycles. The highest BCUT2D eigenvalue weighted by Crippen LogP contribution is 2.33. The topological polar surface area (TPSA) is 109 Å². The molecular weight excluding hydrogens is 671 g/mol. The number of benzene rings is 3.